The normalized spacial score (nSPS) is 17.2. The quantitative estimate of drug-likeness (QED) is 0.801. The zero-order valence-electron chi connectivity index (χ0n) is 11.0. The van der Waals surface area contributed by atoms with Gasteiger partial charge in [0.2, 0.25) is 11.8 Å². The first-order chi connectivity index (χ1) is 9.06. The van der Waals surface area contributed by atoms with Gasteiger partial charge in [0.05, 0.1) is 16.8 Å². The van der Waals surface area contributed by atoms with Crippen LogP contribution in [-0.2, 0) is 9.59 Å². The summed E-state index contributed by atoms with van der Waals surface area (Å²) in [6.07, 6.45) is 1.83. The fourth-order valence-electron chi connectivity index (χ4n) is 2.03. The van der Waals surface area contributed by atoms with Crippen LogP contribution in [0.3, 0.4) is 0 Å². The van der Waals surface area contributed by atoms with Gasteiger partial charge in [-0.2, -0.15) is 0 Å². The van der Waals surface area contributed by atoms with Crippen LogP contribution in [0.25, 0.3) is 0 Å². The minimum absolute atomic E-state index is 0. The Morgan fingerprint density at radius 1 is 1.35 bits per heavy atom. The number of benzene rings is 1. The van der Waals surface area contributed by atoms with Gasteiger partial charge in [0.15, 0.2) is 0 Å². The SMILES string of the molecule is CC(=O)Nc1ccc(Cl)c(NC(=O)C2CCCN2)c1.Cl. The molecule has 1 atom stereocenters. The van der Waals surface area contributed by atoms with Crippen LogP contribution in [0, 0.1) is 0 Å². The number of nitrogens with one attached hydrogen (secondary N) is 3. The van der Waals surface area contributed by atoms with E-state index in [1.165, 1.54) is 6.92 Å². The Balaban J connectivity index is 0.00000200. The third kappa shape index (κ3) is 4.37. The van der Waals surface area contributed by atoms with E-state index in [2.05, 4.69) is 16.0 Å². The molecule has 1 unspecified atom stereocenters. The highest BCUT2D eigenvalue weighted by Crippen LogP contribution is 2.26. The smallest absolute Gasteiger partial charge is 0.241 e. The monoisotopic (exact) mass is 317 g/mol. The zero-order valence-corrected chi connectivity index (χ0v) is 12.6. The lowest BCUT2D eigenvalue weighted by atomic mass is 10.2. The average Bonchev–Trinajstić information content (AvgIpc) is 2.86. The second-order valence-corrected chi connectivity index (χ2v) is 4.92. The molecule has 2 amide bonds. The van der Waals surface area contributed by atoms with Gasteiger partial charge >= 0.3 is 0 Å². The van der Waals surface area contributed by atoms with E-state index in [0.29, 0.717) is 16.4 Å². The molecule has 0 saturated carbocycles. The van der Waals surface area contributed by atoms with Crippen molar-refractivity contribution < 1.29 is 9.59 Å². The number of hydrogen-bond donors (Lipinski definition) is 3. The Morgan fingerprint density at radius 3 is 2.70 bits per heavy atom. The van der Waals surface area contributed by atoms with E-state index < -0.39 is 0 Å². The van der Waals surface area contributed by atoms with Crippen LogP contribution in [0.2, 0.25) is 5.02 Å². The minimum atomic E-state index is -0.169. The van der Waals surface area contributed by atoms with Crippen LogP contribution >= 0.6 is 24.0 Å². The van der Waals surface area contributed by atoms with Crippen molar-refractivity contribution in [2.24, 2.45) is 0 Å². The molecule has 1 aliphatic heterocycles. The van der Waals surface area contributed by atoms with E-state index in [-0.39, 0.29) is 30.3 Å². The van der Waals surface area contributed by atoms with Crippen LogP contribution in [0.5, 0.6) is 0 Å². The topological polar surface area (TPSA) is 70.2 Å². The zero-order chi connectivity index (χ0) is 13.8. The van der Waals surface area contributed by atoms with Gasteiger partial charge in [-0.15, -0.1) is 12.4 Å². The van der Waals surface area contributed by atoms with Crippen LogP contribution in [0.15, 0.2) is 18.2 Å². The maximum Gasteiger partial charge on any atom is 0.241 e. The Bertz CT molecular complexity index is 502. The maximum atomic E-state index is 12.0. The van der Waals surface area contributed by atoms with Crippen molar-refractivity contribution in [3.05, 3.63) is 23.2 Å². The Labute approximate surface area is 128 Å². The average molecular weight is 318 g/mol. The van der Waals surface area contributed by atoms with Crippen LogP contribution in [-0.4, -0.2) is 24.4 Å². The van der Waals surface area contributed by atoms with E-state index in [0.717, 1.165) is 19.4 Å². The van der Waals surface area contributed by atoms with E-state index in [1.54, 1.807) is 18.2 Å². The Hall–Kier alpha value is -1.30. The molecular formula is C13H17Cl2N3O2. The first-order valence-electron chi connectivity index (χ1n) is 6.17. The lowest BCUT2D eigenvalue weighted by Gasteiger charge is -2.13. The highest BCUT2D eigenvalue weighted by Gasteiger charge is 2.22. The number of carbonyl (C=O) groups excluding carboxylic acids is 2. The van der Waals surface area contributed by atoms with Gasteiger partial charge in [0.1, 0.15) is 0 Å². The fourth-order valence-corrected chi connectivity index (χ4v) is 2.20. The van der Waals surface area contributed by atoms with E-state index >= 15 is 0 Å². The predicted octanol–water partition coefficient (Wildman–Crippen LogP) is 2.41. The van der Waals surface area contributed by atoms with Crippen LogP contribution in [0.1, 0.15) is 19.8 Å². The molecule has 1 fully saturated rings. The summed E-state index contributed by atoms with van der Waals surface area (Å²) in [6.45, 7) is 2.28. The van der Waals surface area contributed by atoms with Gasteiger partial charge in [-0.3, -0.25) is 9.59 Å². The third-order valence-electron chi connectivity index (χ3n) is 2.92. The minimum Gasteiger partial charge on any atom is -0.326 e. The summed E-state index contributed by atoms with van der Waals surface area (Å²) in [5, 5.41) is 8.99. The number of carbonyl (C=O) groups is 2. The molecule has 0 bridgehead atoms. The van der Waals surface area contributed by atoms with Crippen molar-refractivity contribution in [1.29, 1.82) is 0 Å². The molecule has 1 aromatic rings. The summed E-state index contributed by atoms with van der Waals surface area (Å²) in [5.41, 5.74) is 1.11. The van der Waals surface area contributed by atoms with Crippen molar-refractivity contribution in [1.82, 2.24) is 5.32 Å². The molecular weight excluding hydrogens is 301 g/mol. The summed E-state index contributed by atoms with van der Waals surface area (Å²) in [6, 6.07) is 4.81. The highest BCUT2D eigenvalue weighted by molar-refractivity contribution is 6.34. The second kappa shape index (κ2) is 7.47. The first-order valence-corrected chi connectivity index (χ1v) is 6.55. The molecule has 3 N–H and O–H groups in total. The number of anilines is 2. The molecule has 1 saturated heterocycles. The fraction of sp³-hybridized carbons (Fsp3) is 0.385. The van der Waals surface area contributed by atoms with Crippen molar-refractivity contribution in [2.45, 2.75) is 25.8 Å². The van der Waals surface area contributed by atoms with Crippen LogP contribution < -0.4 is 16.0 Å². The van der Waals surface area contributed by atoms with Crippen molar-refractivity contribution >= 4 is 47.2 Å². The third-order valence-corrected chi connectivity index (χ3v) is 3.25. The molecule has 1 heterocycles. The molecule has 2 rings (SSSR count). The van der Waals surface area contributed by atoms with Crippen LogP contribution in [0.4, 0.5) is 11.4 Å². The lowest BCUT2D eigenvalue weighted by molar-refractivity contribution is -0.117. The summed E-state index contributed by atoms with van der Waals surface area (Å²) in [7, 11) is 0. The lowest BCUT2D eigenvalue weighted by Crippen LogP contribution is -2.35. The van der Waals surface area contributed by atoms with Crippen molar-refractivity contribution in [2.75, 3.05) is 17.2 Å². The standard InChI is InChI=1S/C13H16ClN3O2.ClH/c1-8(18)16-9-4-5-10(14)12(7-9)17-13(19)11-3-2-6-15-11;/h4-5,7,11,15H,2-3,6H2,1H3,(H,16,18)(H,17,19);1H. The van der Waals surface area contributed by atoms with E-state index in [4.69, 9.17) is 11.6 Å². The number of amides is 2. The summed E-state index contributed by atoms with van der Waals surface area (Å²) in [4.78, 5) is 23.0. The summed E-state index contributed by atoms with van der Waals surface area (Å²) >= 11 is 6.04. The number of halogens is 2. The Kier molecular flexibility index (Phi) is 6.26. The largest absolute Gasteiger partial charge is 0.326 e. The molecule has 0 aromatic heterocycles. The van der Waals surface area contributed by atoms with E-state index in [9.17, 15) is 9.59 Å². The molecule has 1 aliphatic rings. The maximum absolute atomic E-state index is 12.0. The van der Waals surface area contributed by atoms with Gasteiger partial charge in [-0.1, -0.05) is 11.6 Å². The van der Waals surface area contributed by atoms with Crippen molar-refractivity contribution in [3.8, 4) is 0 Å². The predicted molar refractivity (Wildman–Crippen MR) is 82.7 cm³/mol. The molecule has 0 spiro atoms. The summed E-state index contributed by atoms with van der Waals surface area (Å²) in [5.74, 6) is -0.267. The molecule has 0 radical (unpaired) electrons. The Morgan fingerprint density at radius 2 is 2.10 bits per heavy atom. The van der Waals surface area contributed by atoms with Gasteiger partial charge < -0.3 is 16.0 Å². The van der Waals surface area contributed by atoms with Gasteiger partial charge in [0.25, 0.3) is 0 Å². The van der Waals surface area contributed by atoms with Gasteiger partial charge in [0, 0.05) is 12.6 Å². The molecule has 1 aromatic carbocycles. The number of rotatable bonds is 3. The molecule has 20 heavy (non-hydrogen) atoms. The van der Waals surface area contributed by atoms with Gasteiger partial charge in [-0.25, -0.2) is 0 Å². The first kappa shape index (κ1) is 16.8. The van der Waals surface area contributed by atoms with E-state index in [1.807, 2.05) is 0 Å². The number of hydrogen-bond acceptors (Lipinski definition) is 3. The molecule has 0 aliphatic carbocycles. The van der Waals surface area contributed by atoms with Crippen molar-refractivity contribution in [3.63, 3.8) is 0 Å². The highest BCUT2D eigenvalue weighted by atomic mass is 35.5. The second-order valence-electron chi connectivity index (χ2n) is 4.51. The summed E-state index contributed by atoms with van der Waals surface area (Å²) < 4.78 is 0. The molecule has 5 nitrogen and oxygen atoms in total. The molecule has 110 valence electrons. The molecule has 7 heteroatoms. The van der Waals surface area contributed by atoms with Gasteiger partial charge in [-0.05, 0) is 37.6 Å².